The molecule has 30 heavy (non-hydrogen) atoms. The van der Waals surface area contributed by atoms with Gasteiger partial charge in [-0.05, 0) is 38.1 Å². The van der Waals surface area contributed by atoms with Gasteiger partial charge in [-0.25, -0.2) is 0 Å². The summed E-state index contributed by atoms with van der Waals surface area (Å²) < 4.78 is 0. The van der Waals surface area contributed by atoms with Crippen molar-refractivity contribution in [3.63, 3.8) is 0 Å². The zero-order valence-corrected chi connectivity index (χ0v) is 17.4. The molecule has 0 atom stereocenters. The van der Waals surface area contributed by atoms with E-state index in [1.165, 1.54) is 11.8 Å². The molecule has 1 N–H and O–H groups in total. The Morgan fingerprint density at radius 1 is 0.833 bits per heavy atom. The van der Waals surface area contributed by atoms with Gasteiger partial charge in [-0.1, -0.05) is 60.3 Å². The van der Waals surface area contributed by atoms with Crippen LogP contribution in [0.1, 0.15) is 45.7 Å². The number of anilines is 1. The average Bonchev–Trinajstić information content (AvgIpc) is 2.78. The van der Waals surface area contributed by atoms with Crippen LogP contribution in [0.5, 0.6) is 0 Å². The van der Waals surface area contributed by atoms with Crippen molar-refractivity contribution in [1.29, 1.82) is 0 Å². The van der Waals surface area contributed by atoms with E-state index in [1.54, 1.807) is 56.3 Å². The van der Waals surface area contributed by atoms with Crippen LogP contribution in [0.25, 0.3) is 0 Å². The molecule has 1 aliphatic rings. The van der Waals surface area contributed by atoms with E-state index in [4.69, 9.17) is 0 Å². The lowest BCUT2D eigenvalue weighted by Gasteiger charge is -2.23. The van der Waals surface area contributed by atoms with Crippen molar-refractivity contribution in [3.8, 4) is 0 Å². The fourth-order valence-corrected chi connectivity index (χ4v) is 4.33. The lowest BCUT2D eigenvalue weighted by Crippen LogP contribution is -2.25. The van der Waals surface area contributed by atoms with Crippen LogP contribution >= 0.6 is 11.8 Å². The number of fused-ring (bicyclic) bond motifs is 2. The van der Waals surface area contributed by atoms with Gasteiger partial charge >= 0.3 is 0 Å². The van der Waals surface area contributed by atoms with E-state index in [0.29, 0.717) is 32.8 Å². The van der Waals surface area contributed by atoms with Crippen molar-refractivity contribution in [2.45, 2.75) is 23.6 Å². The SMILES string of the molecule is C/C=C(\C)C(=O)Nc1ccc(Sc2ccccc2)c2c1C(=O)c1ccccc1C2=O. The minimum absolute atomic E-state index is 0.211. The first kappa shape index (κ1) is 19.9. The second-order valence-corrected chi connectivity index (χ2v) is 8.02. The van der Waals surface area contributed by atoms with Gasteiger partial charge in [0.2, 0.25) is 0 Å². The van der Waals surface area contributed by atoms with Gasteiger partial charge in [0.1, 0.15) is 0 Å². The van der Waals surface area contributed by atoms with Crippen molar-refractivity contribution >= 4 is 34.9 Å². The summed E-state index contributed by atoms with van der Waals surface area (Å²) in [5, 5.41) is 2.80. The van der Waals surface area contributed by atoms with Crippen molar-refractivity contribution in [2.75, 3.05) is 5.32 Å². The minimum Gasteiger partial charge on any atom is -0.322 e. The van der Waals surface area contributed by atoms with Gasteiger partial charge in [-0.3, -0.25) is 14.4 Å². The Kier molecular flexibility index (Phi) is 5.38. The van der Waals surface area contributed by atoms with Gasteiger partial charge in [0.25, 0.3) is 5.91 Å². The van der Waals surface area contributed by atoms with E-state index in [2.05, 4.69) is 5.32 Å². The number of rotatable bonds is 4. The third-order valence-electron chi connectivity index (χ3n) is 5.05. The predicted octanol–water partition coefficient (Wildman–Crippen LogP) is 5.52. The van der Waals surface area contributed by atoms with E-state index >= 15 is 0 Å². The second-order valence-electron chi connectivity index (χ2n) is 6.91. The van der Waals surface area contributed by atoms with E-state index in [1.807, 2.05) is 30.3 Å². The fourth-order valence-electron chi connectivity index (χ4n) is 3.35. The Morgan fingerprint density at radius 2 is 1.43 bits per heavy atom. The Balaban J connectivity index is 1.89. The molecule has 4 nitrogen and oxygen atoms in total. The standard InChI is InChI=1S/C25H19NO3S/c1-3-15(2)25(29)26-19-13-14-20(30-16-9-5-4-6-10-16)22-21(19)23(27)17-11-7-8-12-18(17)24(22)28/h3-14H,1-2H3,(H,26,29)/b15-3+. The van der Waals surface area contributed by atoms with Crippen LogP contribution in [0.4, 0.5) is 5.69 Å². The van der Waals surface area contributed by atoms with E-state index in [0.717, 1.165) is 4.90 Å². The monoisotopic (exact) mass is 413 g/mol. The molecule has 0 unspecified atom stereocenters. The number of nitrogens with one attached hydrogen (secondary N) is 1. The normalized spacial score (nSPS) is 12.9. The molecule has 3 aromatic carbocycles. The minimum atomic E-state index is -0.303. The maximum absolute atomic E-state index is 13.4. The Bertz CT molecular complexity index is 1210. The van der Waals surface area contributed by atoms with Gasteiger partial charge in [-0.15, -0.1) is 0 Å². The van der Waals surface area contributed by atoms with Gasteiger partial charge in [0.05, 0.1) is 11.3 Å². The smallest absolute Gasteiger partial charge is 0.250 e. The molecule has 0 heterocycles. The third kappa shape index (κ3) is 3.48. The molecule has 0 fully saturated rings. The fraction of sp³-hybridized carbons (Fsp3) is 0.0800. The zero-order valence-electron chi connectivity index (χ0n) is 16.6. The molecule has 1 amide bonds. The molecule has 5 heteroatoms. The summed E-state index contributed by atoms with van der Waals surface area (Å²) >= 11 is 1.42. The number of benzene rings is 3. The number of hydrogen-bond acceptors (Lipinski definition) is 4. The van der Waals surface area contributed by atoms with Crippen LogP contribution in [0, 0.1) is 0 Å². The summed E-state index contributed by atoms with van der Waals surface area (Å²) in [6, 6.07) is 20.0. The summed E-state index contributed by atoms with van der Waals surface area (Å²) in [5.41, 5.74) is 2.21. The lowest BCUT2D eigenvalue weighted by molar-refractivity contribution is -0.112. The molecule has 1 aliphatic carbocycles. The summed E-state index contributed by atoms with van der Waals surface area (Å²) in [5.74, 6) is -0.774. The highest BCUT2D eigenvalue weighted by Gasteiger charge is 2.34. The number of carbonyl (C=O) groups excluding carboxylic acids is 3. The quantitative estimate of drug-likeness (QED) is 0.448. The number of ketones is 2. The molecule has 0 aliphatic heterocycles. The number of allylic oxidation sites excluding steroid dienone is 1. The first-order valence-corrected chi connectivity index (χ1v) is 10.4. The van der Waals surface area contributed by atoms with Crippen molar-refractivity contribution in [1.82, 2.24) is 0 Å². The highest BCUT2D eigenvalue weighted by atomic mass is 32.2. The molecule has 4 rings (SSSR count). The highest BCUT2D eigenvalue weighted by Crippen LogP contribution is 2.40. The van der Waals surface area contributed by atoms with Gasteiger partial charge in [0.15, 0.2) is 11.6 Å². The molecule has 0 saturated carbocycles. The third-order valence-corrected chi connectivity index (χ3v) is 6.12. The molecule has 148 valence electrons. The van der Waals surface area contributed by atoms with Crippen LogP contribution in [0.3, 0.4) is 0 Å². The number of hydrogen-bond donors (Lipinski definition) is 1. The maximum Gasteiger partial charge on any atom is 0.250 e. The van der Waals surface area contributed by atoms with E-state index in [-0.39, 0.29) is 23.0 Å². The second kappa shape index (κ2) is 8.13. The van der Waals surface area contributed by atoms with E-state index in [9.17, 15) is 14.4 Å². The number of amides is 1. The van der Waals surface area contributed by atoms with Crippen molar-refractivity contribution in [3.05, 3.63) is 101 Å². The molecule has 0 bridgehead atoms. The van der Waals surface area contributed by atoms with Crippen LogP contribution in [0.15, 0.2) is 88.2 Å². The van der Waals surface area contributed by atoms with Crippen LogP contribution in [-0.2, 0) is 4.79 Å². The van der Waals surface area contributed by atoms with Gasteiger partial charge < -0.3 is 5.32 Å². The largest absolute Gasteiger partial charge is 0.322 e. The van der Waals surface area contributed by atoms with Crippen molar-refractivity contribution < 1.29 is 14.4 Å². The Hall–Kier alpha value is -3.44. The summed E-state index contributed by atoms with van der Waals surface area (Å²) in [6.07, 6.45) is 1.70. The van der Waals surface area contributed by atoms with E-state index < -0.39 is 0 Å². The van der Waals surface area contributed by atoms with Crippen LogP contribution in [-0.4, -0.2) is 17.5 Å². The van der Waals surface area contributed by atoms with Crippen LogP contribution in [0.2, 0.25) is 0 Å². The van der Waals surface area contributed by atoms with Crippen LogP contribution < -0.4 is 5.32 Å². The topological polar surface area (TPSA) is 63.2 Å². The lowest BCUT2D eigenvalue weighted by atomic mass is 9.83. The average molecular weight is 413 g/mol. The predicted molar refractivity (Wildman–Crippen MR) is 118 cm³/mol. The highest BCUT2D eigenvalue weighted by molar-refractivity contribution is 7.99. The first-order chi connectivity index (χ1) is 14.5. The summed E-state index contributed by atoms with van der Waals surface area (Å²) in [7, 11) is 0. The molecule has 0 spiro atoms. The molecular weight excluding hydrogens is 394 g/mol. The van der Waals surface area contributed by atoms with Crippen molar-refractivity contribution in [2.24, 2.45) is 0 Å². The molecule has 0 saturated heterocycles. The first-order valence-electron chi connectivity index (χ1n) is 9.54. The van der Waals surface area contributed by atoms with Gasteiger partial charge in [0, 0.05) is 32.1 Å². The molecule has 0 radical (unpaired) electrons. The zero-order chi connectivity index (χ0) is 21.3. The number of carbonyl (C=O) groups is 3. The summed E-state index contributed by atoms with van der Waals surface area (Å²) in [4.78, 5) is 40.9. The van der Waals surface area contributed by atoms with Gasteiger partial charge in [-0.2, -0.15) is 0 Å². The molecule has 0 aromatic heterocycles. The maximum atomic E-state index is 13.4. The Morgan fingerprint density at radius 3 is 2.07 bits per heavy atom. The molecular formula is C25H19NO3S. The molecule has 3 aromatic rings. The Labute approximate surface area is 179 Å². The summed E-state index contributed by atoms with van der Waals surface area (Å²) in [6.45, 7) is 3.47.